The fourth-order valence-electron chi connectivity index (χ4n) is 1.49. The Morgan fingerprint density at radius 2 is 2.00 bits per heavy atom. The van der Waals surface area contributed by atoms with Crippen molar-refractivity contribution in [3.8, 4) is 0 Å². The molecule has 0 fully saturated rings. The normalized spacial score (nSPS) is 10.6. The van der Waals surface area contributed by atoms with Crippen molar-refractivity contribution in [3.05, 3.63) is 46.7 Å². The van der Waals surface area contributed by atoms with Crippen LogP contribution in [0.4, 0.5) is 0 Å². The van der Waals surface area contributed by atoms with Crippen LogP contribution in [0, 0.1) is 6.92 Å². The van der Waals surface area contributed by atoms with Crippen molar-refractivity contribution in [1.82, 2.24) is 9.97 Å². The first-order valence-corrected chi connectivity index (χ1v) is 6.83. The van der Waals surface area contributed by atoms with Gasteiger partial charge >= 0.3 is 0 Å². The van der Waals surface area contributed by atoms with Gasteiger partial charge in [-0.3, -0.25) is 0 Å². The summed E-state index contributed by atoms with van der Waals surface area (Å²) in [6.45, 7) is 2.57. The van der Waals surface area contributed by atoms with Gasteiger partial charge in [0, 0.05) is 22.3 Å². The number of hydrogen-bond donors (Lipinski definition) is 1. The number of aromatic nitrogens is 2. The average Bonchev–Trinajstić information content (AvgIpc) is 2.36. The van der Waals surface area contributed by atoms with Crippen LogP contribution in [0.15, 0.2) is 40.6 Å². The largest absolute Gasteiger partial charge is 0.330 e. The van der Waals surface area contributed by atoms with E-state index in [2.05, 4.69) is 9.97 Å². The van der Waals surface area contributed by atoms with E-state index in [1.165, 1.54) is 11.8 Å². The highest BCUT2D eigenvalue weighted by atomic mass is 35.5. The number of nitrogens with two attached hydrogens (primary N) is 1. The molecule has 0 radical (unpaired) electrons. The maximum absolute atomic E-state index is 6.19. The van der Waals surface area contributed by atoms with Crippen LogP contribution in [0.25, 0.3) is 0 Å². The van der Waals surface area contributed by atoms with Crippen molar-refractivity contribution in [2.75, 3.05) is 6.54 Å². The molecule has 2 aromatic rings. The van der Waals surface area contributed by atoms with Gasteiger partial charge in [0.1, 0.15) is 0 Å². The molecule has 0 aliphatic heterocycles. The van der Waals surface area contributed by atoms with Crippen molar-refractivity contribution >= 4 is 23.4 Å². The molecule has 94 valence electrons. The summed E-state index contributed by atoms with van der Waals surface area (Å²) < 4.78 is 0. The van der Waals surface area contributed by atoms with Crippen molar-refractivity contribution in [1.29, 1.82) is 0 Å². The molecule has 1 aromatic carbocycles. The summed E-state index contributed by atoms with van der Waals surface area (Å²) >= 11 is 7.69. The molecule has 1 aromatic heterocycles. The smallest absolute Gasteiger partial charge is 0.192 e. The van der Waals surface area contributed by atoms with Gasteiger partial charge in [-0.15, -0.1) is 0 Å². The fraction of sp³-hybridized carbons (Fsp3) is 0.231. The van der Waals surface area contributed by atoms with Crippen molar-refractivity contribution in [2.24, 2.45) is 5.73 Å². The molecule has 2 rings (SSSR count). The zero-order valence-electron chi connectivity index (χ0n) is 10.1. The molecular formula is C13H14ClN3S. The van der Waals surface area contributed by atoms with Crippen LogP contribution < -0.4 is 5.73 Å². The summed E-state index contributed by atoms with van der Waals surface area (Å²) in [6.07, 6.45) is 4.41. The van der Waals surface area contributed by atoms with E-state index >= 15 is 0 Å². The lowest BCUT2D eigenvalue weighted by Gasteiger charge is -2.05. The van der Waals surface area contributed by atoms with Crippen LogP contribution in [-0.4, -0.2) is 16.5 Å². The third kappa shape index (κ3) is 3.45. The van der Waals surface area contributed by atoms with Crippen LogP contribution in [0.2, 0.25) is 5.02 Å². The highest BCUT2D eigenvalue weighted by molar-refractivity contribution is 7.99. The summed E-state index contributed by atoms with van der Waals surface area (Å²) in [5.41, 5.74) is 7.65. The Kier molecular flexibility index (Phi) is 4.58. The van der Waals surface area contributed by atoms with Crippen molar-refractivity contribution in [2.45, 2.75) is 23.4 Å². The molecule has 0 aliphatic carbocycles. The molecule has 0 saturated carbocycles. The molecule has 2 N–H and O–H groups in total. The Hall–Kier alpha value is -1.10. The number of nitrogens with zero attached hydrogens (tertiary/aromatic N) is 2. The molecule has 0 aliphatic rings. The highest BCUT2D eigenvalue weighted by Gasteiger charge is 2.04. The van der Waals surface area contributed by atoms with E-state index in [-0.39, 0.29) is 0 Å². The number of aryl methyl sites for hydroxylation is 1. The van der Waals surface area contributed by atoms with Gasteiger partial charge in [0.25, 0.3) is 0 Å². The predicted molar refractivity (Wildman–Crippen MR) is 75.1 cm³/mol. The van der Waals surface area contributed by atoms with E-state index < -0.39 is 0 Å². The van der Waals surface area contributed by atoms with Crippen LogP contribution in [-0.2, 0) is 6.42 Å². The van der Waals surface area contributed by atoms with Gasteiger partial charge in [-0.05, 0) is 54.9 Å². The fourth-order valence-corrected chi connectivity index (χ4v) is 2.56. The summed E-state index contributed by atoms with van der Waals surface area (Å²) in [4.78, 5) is 9.53. The van der Waals surface area contributed by atoms with E-state index in [1.807, 2.05) is 25.1 Å². The van der Waals surface area contributed by atoms with E-state index in [4.69, 9.17) is 17.3 Å². The molecule has 0 atom stereocenters. The Labute approximate surface area is 116 Å². The lowest BCUT2D eigenvalue weighted by molar-refractivity contribution is 0.948. The van der Waals surface area contributed by atoms with Crippen molar-refractivity contribution in [3.63, 3.8) is 0 Å². The minimum atomic E-state index is 0.604. The predicted octanol–water partition coefficient (Wildman–Crippen LogP) is 3.09. The average molecular weight is 280 g/mol. The van der Waals surface area contributed by atoms with Crippen LogP contribution in [0.5, 0.6) is 0 Å². The Morgan fingerprint density at radius 3 is 2.61 bits per heavy atom. The first kappa shape index (κ1) is 13.3. The quantitative estimate of drug-likeness (QED) is 0.874. The van der Waals surface area contributed by atoms with E-state index in [0.717, 1.165) is 32.6 Å². The van der Waals surface area contributed by atoms with E-state index in [9.17, 15) is 0 Å². The lowest BCUT2D eigenvalue weighted by atomic mass is 10.1. The molecule has 1 heterocycles. The monoisotopic (exact) mass is 279 g/mol. The molecule has 0 spiro atoms. The minimum Gasteiger partial charge on any atom is -0.330 e. The Balaban J connectivity index is 2.14. The van der Waals surface area contributed by atoms with Gasteiger partial charge in [-0.25, -0.2) is 9.97 Å². The number of halogens is 1. The summed E-state index contributed by atoms with van der Waals surface area (Å²) in [7, 11) is 0. The maximum atomic E-state index is 6.19. The standard InChI is InChI=1S/C13H14ClN3S/c1-9-7-16-13(17-8-9)18-11-3-2-10(4-5-15)12(14)6-11/h2-3,6-8H,4-5,15H2,1H3. The third-order valence-electron chi connectivity index (χ3n) is 2.40. The Bertz CT molecular complexity index is 528. The number of rotatable bonds is 4. The summed E-state index contributed by atoms with van der Waals surface area (Å²) in [5, 5.41) is 1.47. The number of hydrogen-bond acceptors (Lipinski definition) is 4. The first-order chi connectivity index (χ1) is 8.69. The summed E-state index contributed by atoms with van der Waals surface area (Å²) in [5.74, 6) is 0. The van der Waals surface area contributed by atoms with Crippen LogP contribution >= 0.6 is 23.4 Å². The van der Waals surface area contributed by atoms with E-state index in [0.29, 0.717) is 6.54 Å². The van der Waals surface area contributed by atoms with Gasteiger partial charge in [-0.2, -0.15) is 0 Å². The highest BCUT2D eigenvalue weighted by Crippen LogP contribution is 2.28. The maximum Gasteiger partial charge on any atom is 0.192 e. The molecule has 0 amide bonds. The second-order valence-electron chi connectivity index (χ2n) is 3.94. The van der Waals surface area contributed by atoms with Gasteiger partial charge < -0.3 is 5.73 Å². The molecular weight excluding hydrogens is 266 g/mol. The third-order valence-corrected chi connectivity index (χ3v) is 3.64. The molecule has 5 heteroatoms. The minimum absolute atomic E-state index is 0.604. The lowest BCUT2D eigenvalue weighted by Crippen LogP contribution is -2.03. The van der Waals surface area contributed by atoms with Crippen molar-refractivity contribution < 1.29 is 0 Å². The van der Waals surface area contributed by atoms with Gasteiger partial charge in [0.05, 0.1) is 0 Å². The van der Waals surface area contributed by atoms with Gasteiger partial charge in [-0.1, -0.05) is 17.7 Å². The van der Waals surface area contributed by atoms with Gasteiger partial charge in [0.2, 0.25) is 0 Å². The molecule has 0 bridgehead atoms. The van der Waals surface area contributed by atoms with Crippen LogP contribution in [0.1, 0.15) is 11.1 Å². The van der Waals surface area contributed by atoms with Crippen LogP contribution in [0.3, 0.4) is 0 Å². The SMILES string of the molecule is Cc1cnc(Sc2ccc(CCN)c(Cl)c2)nc1. The molecule has 0 saturated heterocycles. The molecule has 18 heavy (non-hydrogen) atoms. The second-order valence-corrected chi connectivity index (χ2v) is 5.38. The first-order valence-electron chi connectivity index (χ1n) is 5.64. The Morgan fingerprint density at radius 1 is 1.28 bits per heavy atom. The zero-order chi connectivity index (χ0) is 13.0. The molecule has 3 nitrogen and oxygen atoms in total. The molecule has 0 unspecified atom stereocenters. The summed E-state index contributed by atoms with van der Waals surface area (Å²) in [6, 6.07) is 5.96. The topological polar surface area (TPSA) is 51.8 Å². The number of benzene rings is 1. The second kappa shape index (κ2) is 6.18. The van der Waals surface area contributed by atoms with Gasteiger partial charge in [0.15, 0.2) is 5.16 Å². The van der Waals surface area contributed by atoms with E-state index in [1.54, 1.807) is 12.4 Å². The zero-order valence-corrected chi connectivity index (χ0v) is 11.6.